The van der Waals surface area contributed by atoms with Gasteiger partial charge in [-0.05, 0) is 83.6 Å². The van der Waals surface area contributed by atoms with Crippen LogP contribution in [-0.2, 0) is 11.2 Å². The molecular weight excluding hydrogens is 482 g/mol. The number of hydrogen-bond acceptors (Lipinski definition) is 4. The molecule has 1 amide bonds. The van der Waals surface area contributed by atoms with Gasteiger partial charge in [0.25, 0.3) is 5.91 Å². The molecule has 3 aromatic carbocycles. The fourth-order valence-corrected chi connectivity index (χ4v) is 4.95. The molecule has 8 heteroatoms. The quantitative estimate of drug-likeness (QED) is 0.181. The van der Waals surface area contributed by atoms with Crippen LogP contribution in [0.15, 0.2) is 83.2 Å². The van der Waals surface area contributed by atoms with Crippen LogP contribution in [-0.4, -0.2) is 17.6 Å². The Balaban J connectivity index is 1.65. The molecule has 0 radical (unpaired) electrons. The van der Waals surface area contributed by atoms with Crippen molar-refractivity contribution in [2.75, 3.05) is 0 Å². The number of nitrogens with zero attached hydrogens (tertiary/aromatic N) is 1. The van der Waals surface area contributed by atoms with Crippen LogP contribution in [0.3, 0.4) is 0 Å². The molecule has 0 atom stereocenters. The monoisotopic (exact) mass is 503 g/mol. The van der Waals surface area contributed by atoms with Crippen molar-refractivity contribution in [1.82, 2.24) is 0 Å². The van der Waals surface area contributed by atoms with Crippen LogP contribution in [0.2, 0.25) is 5.02 Å². The number of guanidine groups is 1. The van der Waals surface area contributed by atoms with Gasteiger partial charge in [-0.25, -0.2) is 0 Å². The van der Waals surface area contributed by atoms with Gasteiger partial charge in [-0.1, -0.05) is 29.8 Å². The van der Waals surface area contributed by atoms with Gasteiger partial charge in [0.1, 0.15) is 11.5 Å². The molecular formula is C27H22ClN3O3S. The Hall–Kier alpha value is -3.94. The summed E-state index contributed by atoms with van der Waals surface area (Å²) in [5, 5.41) is 2.57. The molecule has 0 aliphatic carbocycles. The number of ether oxygens (including phenoxy) is 1. The minimum Gasteiger partial charge on any atom is -0.457 e. The third-order valence-electron chi connectivity index (χ3n) is 5.25. The van der Waals surface area contributed by atoms with E-state index in [0.717, 1.165) is 27.1 Å². The Morgan fingerprint density at radius 3 is 2.14 bits per heavy atom. The van der Waals surface area contributed by atoms with E-state index in [1.807, 2.05) is 53.9 Å². The average Bonchev–Trinajstić information content (AvgIpc) is 3.22. The lowest BCUT2D eigenvalue weighted by molar-refractivity contribution is -0.117. The summed E-state index contributed by atoms with van der Waals surface area (Å²) in [4.78, 5) is 28.5. The summed E-state index contributed by atoms with van der Waals surface area (Å²) in [6, 6.07) is 22.0. The van der Waals surface area contributed by atoms with Gasteiger partial charge in [-0.2, -0.15) is 4.99 Å². The van der Waals surface area contributed by atoms with Crippen molar-refractivity contribution in [3.05, 3.63) is 94.3 Å². The van der Waals surface area contributed by atoms with Gasteiger partial charge in [0.05, 0.1) is 6.42 Å². The number of ketones is 1. The molecule has 176 valence electrons. The number of nitrogens with two attached hydrogens (primary N) is 2. The first kappa shape index (κ1) is 24.2. The molecule has 4 rings (SSSR count). The molecule has 0 saturated carbocycles. The first-order valence-electron chi connectivity index (χ1n) is 10.7. The van der Waals surface area contributed by atoms with Crippen molar-refractivity contribution in [1.29, 1.82) is 0 Å². The lowest BCUT2D eigenvalue weighted by Crippen LogP contribution is -2.24. The zero-order chi connectivity index (χ0) is 24.9. The number of carbonyl (C=O) groups excluding carboxylic acids is 2. The number of hydrogen-bond donors (Lipinski definition) is 2. The number of benzene rings is 3. The van der Waals surface area contributed by atoms with Crippen LogP contribution in [0.25, 0.3) is 21.6 Å². The zero-order valence-electron chi connectivity index (χ0n) is 18.8. The Bertz CT molecular complexity index is 1410. The van der Waals surface area contributed by atoms with Crippen molar-refractivity contribution in [2.24, 2.45) is 16.5 Å². The first-order valence-corrected chi connectivity index (χ1v) is 11.9. The van der Waals surface area contributed by atoms with Crippen molar-refractivity contribution in [3.8, 4) is 33.1 Å². The van der Waals surface area contributed by atoms with Crippen LogP contribution >= 0.6 is 22.9 Å². The highest BCUT2D eigenvalue weighted by Gasteiger charge is 2.19. The zero-order valence-corrected chi connectivity index (χ0v) is 20.4. The molecule has 1 heterocycles. The molecule has 0 aliphatic rings. The maximum absolute atomic E-state index is 12.5. The molecule has 0 aliphatic heterocycles. The Labute approximate surface area is 211 Å². The van der Waals surface area contributed by atoms with Crippen LogP contribution in [0.1, 0.15) is 22.8 Å². The van der Waals surface area contributed by atoms with E-state index in [2.05, 4.69) is 4.99 Å². The van der Waals surface area contributed by atoms with Gasteiger partial charge >= 0.3 is 0 Å². The highest BCUT2D eigenvalue weighted by atomic mass is 35.5. The van der Waals surface area contributed by atoms with E-state index >= 15 is 0 Å². The summed E-state index contributed by atoms with van der Waals surface area (Å²) in [5.74, 6) is 0.562. The van der Waals surface area contributed by atoms with Gasteiger partial charge in [0.2, 0.25) is 0 Å². The number of thiophene rings is 1. The van der Waals surface area contributed by atoms with E-state index in [1.54, 1.807) is 24.3 Å². The SMILES string of the molecule is CC(=O)c1ccc(Oc2ccc(-c3scc(-c4ccccc4Cl)c3CC(=O)N=C(N)N)cc2)cc1. The molecule has 6 nitrogen and oxygen atoms in total. The fraction of sp³-hybridized carbons (Fsp3) is 0.0741. The van der Waals surface area contributed by atoms with Crippen molar-refractivity contribution in [2.45, 2.75) is 13.3 Å². The molecule has 35 heavy (non-hydrogen) atoms. The second-order valence-electron chi connectivity index (χ2n) is 7.75. The molecule has 1 aromatic heterocycles. The first-order chi connectivity index (χ1) is 16.8. The summed E-state index contributed by atoms with van der Waals surface area (Å²) in [7, 11) is 0. The summed E-state index contributed by atoms with van der Waals surface area (Å²) in [5.41, 5.74) is 14.8. The standard InChI is InChI=1S/C27H22ClN3O3S/c1-16(32)17-6-10-19(11-7-17)34-20-12-8-18(9-13-20)26-22(14-25(33)31-27(29)30)23(15-35-26)21-4-2-3-5-24(21)28/h2-13,15H,14H2,1H3,(H4,29,30,31,33). The van der Waals surface area contributed by atoms with Gasteiger partial charge in [-0.3, -0.25) is 9.59 Å². The number of halogens is 1. The van der Waals surface area contributed by atoms with Gasteiger partial charge in [-0.15, -0.1) is 11.3 Å². The Morgan fingerprint density at radius 1 is 0.914 bits per heavy atom. The lowest BCUT2D eigenvalue weighted by atomic mass is 9.97. The molecule has 0 bridgehead atoms. The lowest BCUT2D eigenvalue weighted by Gasteiger charge is -2.10. The van der Waals surface area contributed by atoms with Crippen LogP contribution in [0.5, 0.6) is 11.5 Å². The molecule has 0 fully saturated rings. The second-order valence-corrected chi connectivity index (χ2v) is 9.04. The van der Waals surface area contributed by atoms with Crippen molar-refractivity contribution in [3.63, 3.8) is 0 Å². The third kappa shape index (κ3) is 5.77. The smallest absolute Gasteiger partial charge is 0.253 e. The molecule has 0 saturated heterocycles. The summed E-state index contributed by atoms with van der Waals surface area (Å²) < 4.78 is 5.91. The fourth-order valence-electron chi connectivity index (χ4n) is 3.61. The molecule has 4 N–H and O–H groups in total. The van der Waals surface area contributed by atoms with Crippen LogP contribution < -0.4 is 16.2 Å². The van der Waals surface area contributed by atoms with E-state index in [0.29, 0.717) is 22.1 Å². The van der Waals surface area contributed by atoms with Gasteiger partial charge < -0.3 is 16.2 Å². The number of amides is 1. The third-order valence-corrected chi connectivity index (χ3v) is 6.65. The minimum atomic E-state index is -0.438. The number of Topliss-reactive ketones (excluding diaryl/α,β-unsaturated/α-hetero) is 1. The molecule has 4 aromatic rings. The number of carbonyl (C=O) groups is 2. The van der Waals surface area contributed by atoms with E-state index in [1.165, 1.54) is 18.3 Å². The van der Waals surface area contributed by atoms with Crippen LogP contribution in [0.4, 0.5) is 0 Å². The molecule has 0 spiro atoms. The number of aliphatic imine (C=N–C) groups is 1. The summed E-state index contributed by atoms with van der Waals surface area (Å²) in [6.45, 7) is 1.52. The average molecular weight is 504 g/mol. The number of rotatable bonds is 7. The van der Waals surface area contributed by atoms with E-state index in [9.17, 15) is 9.59 Å². The van der Waals surface area contributed by atoms with Gasteiger partial charge in [0.15, 0.2) is 11.7 Å². The topological polar surface area (TPSA) is 108 Å². The Kier molecular flexibility index (Phi) is 7.29. The summed E-state index contributed by atoms with van der Waals surface area (Å²) in [6.07, 6.45) is 0.0258. The van der Waals surface area contributed by atoms with E-state index in [4.69, 9.17) is 27.8 Å². The van der Waals surface area contributed by atoms with E-state index in [-0.39, 0.29) is 18.2 Å². The predicted molar refractivity (Wildman–Crippen MR) is 141 cm³/mol. The van der Waals surface area contributed by atoms with E-state index < -0.39 is 5.91 Å². The Morgan fingerprint density at radius 2 is 1.54 bits per heavy atom. The normalized spacial score (nSPS) is 10.6. The summed E-state index contributed by atoms with van der Waals surface area (Å²) >= 11 is 7.96. The minimum absolute atomic E-state index is 0.00198. The largest absolute Gasteiger partial charge is 0.457 e. The predicted octanol–water partition coefficient (Wildman–Crippen LogP) is 6.07. The molecule has 0 unspecified atom stereocenters. The van der Waals surface area contributed by atoms with Crippen LogP contribution in [0, 0.1) is 0 Å². The van der Waals surface area contributed by atoms with Crippen molar-refractivity contribution >= 4 is 40.6 Å². The maximum Gasteiger partial charge on any atom is 0.253 e. The highest BCUT2D eigenvalue weighted by molar-refractivity contribution is 7.14. The van der Waals surface area contributed by atoms with Crippen molar-refractivity contribution < 1.29 is 14.3 Å². The maximum atomic E-state index is 12.5. The second kappa shape index (κ2) is 10.5. The highest BCUT2D eigenvalue weighted by Crippen LogP contribution is 2.41. The van der Waals surface area contributed by atoms with Gasteiger partial charge in [0, 0.05) is 21.0 Å².